The fraction of sp³-hybridized carbons (Fsp3) is 0.294. The van der Waals surface area contributed by atoms with E-state index >= 15 is 0 Å². The Kier molecular flexibility index (Phi) is 5.02. The number of aliphatic hydroxyl groups is 1. The Morgan fingerprint density at radius 2 is 1.70 bits per heavy atom. The van der Waals surface area contributed by atoms with Crippen molar-refractivity contribution in [3.63, 3.8) is 0 Å². The van der Waals surface area contributed by atoms with Crippen LogP contribution in [0.3, 0.4) is 0 Å². The molecule has 20 heavy (non-hydrogen) atoms. The first-order chi connectivity index (χ1) is 9.76. The zero-order valence-electron chi connectivity index (χ0n) is 11.9. The highest BCUT2D eigenvalue weighted by molar-refractivity contribution is 5.46. The predicted octanol–water partition coefficient (Wildman–Crippen LogP) is 3.47. The van der Waals surface area contributed by atoms with Gasteiger partial charge in [-0.25, -0.2) is 0 Å². The van der Waals surface area contributed by atoms with Gasteiger partial charge in [0, 0.05) is 5.56 Å². The van der Waals surface area contributed by atoms with Crippen LogP contribution in [0.15, 0.2) is 42.5 Å². The molecule has 2 aromatic carbocycles. The van der Waals surface area contributed by atoms with Crippen molar-refractivity contribution in [2.75, 3.05) is 6.61 Å². The Morgan fingerprint density at radius 3 is 2.40 bits per heavy atom. The minimum absolute atomic E-state index is 0.0655. The third-order valence-corrected chi connectivity index (χ3v) is 3.16. The van der Waals surface area contributed by atoms with Gasteiger partial charge < -0.3 is 14.6 Å². The van der Waals surface area contributed by atoms with Gasteiger partial charge in [-0.15, -0.1) is 0 Å². The summed E-state index contributed by atoms with van der Waals surface area (Å²) in [5, 5.41) is 9.43. The van der Waals surface area contributed by atoms with Crippen LogP contribution in [0.5, 0.6) is 11.5 Å². The lowest BCUT2D eigenvalue weighted by atomic mass is 10.1. The van der Waals surface area contributed by atoms with Gasteiger partial charge in [0.15, 0.2) is 11.5 Å². The number of aryl methyl sites for hydroxylation is 1. The molecule has 0 radical (unpaired) electrons. The summed E-state index contributed by atoms with van der Waals surface area (Å²) < 4.78 is 11.5. The van der Waals surface area contributed by atoms with E-state index in [2.05, 4.69) is 13.0 Å². The van der Waals surface area contributed by atoms with E-state index in [0.717, 1.165) is 11.1 Å². The molecule has 0 aliphatic heterocycles. The third-order valence-electron chi connectivity index (χ3n) is 3.16. The fourth-order valence-electron chi connectivity index (χ4n) is 2.04. The molecule has 106 valence electrons. The quantitative estimate of drug-likeness (QED) is 0.875. The van der Waals surface area contributed by atoms with E-state index in [1.54, 1.807) is 0 Å². The van der Waals surface area contributed by atoms with Crippen LogP contribution in [0, 0.1) is 6.92 Å². The van der Waals surface area contributed by atoms with Crippen LogP contribution >= 0.6 is 0 Å². The molecule has 1 N–H and O–H groups in total. The van der Waals surface area contributed by atoms with Gasteiger partial charge in [-0.3, -0.25) is 0 Å². The van der Waals surface area contributed by atoms with Crippen molar-refractivity contribution in [3.05, 3.63) is 59.2 Å². The lowest BCUT2D eigenvalue weighted by Gasteiger charge is -2.15. The largest absolute Gasteiger partial charge is 0.490 e. The number of ether oxygens (including phenoxy) is 2. The highest BCUT2D eigenvalue weighted by Gasteiger charge is 2.11. The highest BCUT2D eigenvalue weighted by Crippen LogP contribution is 2.32. The summed E-state index contributed by atoms with van der Waals surface area (Å²) in [6.07, 6.45) is 0. The molecule has 0 aliphatic carbocycles. The summed E-state index contributed by atoms with van der Waals surface area (Å²) >= 11 is 0. The van der Waals surface area contributed by atoms with Gasteiger partial charge in [-0.2, -0.15) is 0 Å². The van der Waals surface area contributed by atoms with Crippen molar-refractivity contribution >= 4 is 0 Å². The molecule has 0 heterocycles. The van der Waals surface area contributed by atoms with E-state index in [9.17, 15) is 5.11 Å². The molecule has 0 fully saturated rings. The minimum atomic E-state index is -0.0655. The normalized spacial score (nSPS) is 10.3. The number of hydrogen-bond donors (Lipinski definition) is 1. The molecule has 0 amide bonds. The van der Waals surface area contributed by atoms with Gasteiger partial charge in [0.2, 0.25) is 0 Å². The van der Waals surface area contributed by atoms with E-state index in [4.69, 9.17) is 9.47 Å². The summed E-state index contributed by atoms with van der Waals surface area (Å²) in [4.78, 5) is 0. The first-order valence-electron chi connectivity index (χ1n) is 6.79. The minimum Gasteiger partial charge on any atom is -0.490 e. The molecular weight excluding hydrogens is 252 g/mol. The maximum absolute atomic E-state index is 9.43. The summed E-state index contributed by atoms with van der Waals surface area (Å²) in [6, 6.07) is 13.7. The monoisotopic (exact) mass is 272 g/mol. The molecule has 3 nitrogen and oxygen atoms in total. The number of aliphatic hydroxyl groups excluding tert-OH is 1. The Morgan fingerprint density at radius 1 is 0.950 bits per heavy atom. The number of para-hydroxylation sites is 1. The molecule has 2 aromatic rings. The molecule has 3 heteroatoms. The molecule has 0 bridgehead atoms. The number of benzene rings is 2. The van der Waals surface area contributed by atoms with E-state index in [1.165, 1.54) is 5.56 Å². The second-order valence-electron chi connectivity index (χ2n) is 4.55. The van der Waals surface area contributed by atoms with E-state index in [0.29, 0.717) is 24.7 Å². The van der Waals surface area contributed by atoms with Crippen molar-refractivity contribution in [3.8, 4) is 11.5 Å². The molecule has 0 atom stereocenters. The van der Waals surface area contributed by atoms with Crippen molar-refractivity contribution < 1.29 is 14.6 Å². The zero-order valence-corrected chi connectivity index (χ0v) is 11.9. The molecule has 0 aliphatic rings. The summed E-state index contributed by atoms with van der Waals surface area (Å²) in [6.45, 7) is 4.94. The lowest BCUT2D eigenvalue weighted by molar-refractivity contribution is 0.243. The van der Waals surface area contributed by atoms with Crippen molar-refractivity contribution in [1.29, 1.82) is 0 Å². The SMILES string of the molecule is CCOc1cccc(CO)c1OCc1ccccc1C. The Hall–Kier alpha value is -2.00. The third kappa shape index (κ3) is 3.31. The van der Waals surface area contributed by atoms with Crippen LogP contribution in [0.4, 0.5) is 0 Å². The van der Waals surface area contributed by atoms with Crippen LogP contribution in [-0.4, -0.2) is 11.7 Å². The molecule has 0 saturated heterocycles. The van der Waals surface area contributed by atoms with Crippen molar-refractivity contribution in [1.82, 2.24) is 0 Å². The molecule has 0 unspecified atom stereocenters. The van der Waals surface area contributed by atoms with Gasteiger partial charge in [0.1, 0.15) is 6.61 Å². The Bertz CT molecular complexity index is 564. The van der Waals surface area contributed by atoms with E-state index in [-0.39, 0.29) is 6.61 Å². The predicted molar refractivity (Wildman–Crippen MR) is 79.0 cm³/mol. The molecule has 0 aromatic heterocycles. The van der Waals surface area contributed by atoms with Crippen molar-refractivity contribution in [2.24, 2.45) is 0 Å². The highest BCUT2D eigenvalue weighted by atomic mass is 16.5. The van der Waals surface area contributed by atoms with Gasteiger partial charge >= 0.3 is 0 Å². The topological polar surface area (TPSA) is 38.7 Å². The maximum Gasteiger partial charge on any atom is 0.167 e. The van der Waals surface area contributed by atoms with E-state index < -0.39 is 0 Å². The summed E-state index contributed by atoms with van der Waals surface area (Å²) in [5.74, 6) is 1.30. The first kappa shape index (κ1) is 14.4. The van der Waals surface area contributed by atoms with Crippen LogP contribution in [0.1, 0.15) is 23.6 Å². The summed E-state index contributed by atoms with van der Waals surface area (Å²) in [7, 11) is 0. The van der Waals surface area contributed by atoms with Gasteiger partial charge in [0.05, 0.1) is 13.2 Å². The second-order valence-corrected chi connectivity index (χ2v) is 4.55. The number of rotatable bonds is 6. The Balaban J connectivity index is 2.21. The van der Waals surface area contributed by atoms with Crippen LogP contribution in [-0.2, 0) is 13.2 Å². The fourth-order valence-corrected chi connectivity index (χ4v) is 2.04. The first-order valence-corrected chi connectivity index (χ1v) is 6.79. The standard InChI is InChI=1S/C17H20O3/c1-3-19-16-10-6-9-14(11-18)17(16)20-12-15-8-5-4-7-13(15)2/h4-10,18H,3,11-12H2,1-2H3. The Labute approximate surface area is 119 Å². The van der Waals surface area contributed by atoms with Crippen molar-refractivity contribution in [2.45, 2.75) is 27.1 Å². The second kappa shape index (κ2) is 6.96. The molecule has 2 rings (SSSR count). The van der Waals surface area contributed by atoms with Gasteiger partial charge in [0.25, 0.3) is 0 Å². The van der Waals surface area contributed by atoms with E-state index in [1.807, 2.05) is 43.3 Å². The maximum atomic E-state index is 9.43. The van der Waals surface area contributed by atoms with Gasteiger partial charge in [-0.05, 0) is 31.0 Å². The average Bonchev–Trinajstić information content (AvgIpc) is 2.47. The van der Waals surface area contributed by atoms with Crippen LogP contribution in [0.25, 0.3) is 0 Å². The average molecular weight is 272 g/mol. The number of hydrogen-bond acceptors (Lipinski definition) is 3. The smallest absolute Gasteiger partial charge is 0.167 e. The van der Waals surface area contributed by atoms with Gasteiger partial charge in [-0.1, -0.05) is 36.4 Å². The lowest BCUT2D eigenvalue weighted by Crippen LogP contribution is -2.03. The zero-order chi connectivity index (χ0) is 14.4. The molecular formula is C17H20O3. The summed E-state index contributed by atoms with van der Waals surface area (Å²) in [5.41, 5.74) is 3.05. The van der Waals surface area contributed by atoms with Crippen LogP contribution in [0.2, 0.25) is 0 Å². The molecule has 0 spiro atoms. The van der Waals surface area contributed by atoms with Crippen LogP contribution < -0.4 is 9.47 Å². The molecule has 0 saturated carbocycles.